The molecular formula is C11H21N3O2. The second kappa shape index (κ2) is 5.30. The van der Waals surface area contributed by atoms with Crippen molar-refractivity contribution in [1.29, 1.82) is 0 Å². The van der Waals surface area contributed by atoms with Crippen LogP contribution in [0.5, 0.6) is 0 Å². The molecule has 1 unspecified atom stereocenters. The molecule has 2 amide bonds. The van der Waals surface area contributed by atoms with Gasteiger partial charge in [0.1, 0.15) is 0 Å². The molecule has 0 bridgehead atoms. The highest BCUT2D eigenvalue weighted by Gasteiger charge is 2.36. The summed E-state index contributed by atoms with van der Waals surface area (Å²) < 4.78 is 0. The summed E-state index contributed by atoms with van der Waals surface area (Å²) in [4.78, 5) is 24.8. The fourth-order valence-corrected chi connectivity index (χ4v) is 2.03. The van der Waals surface area contributed by atoms with Crippen LogP contribution < -0.4 is 10.6 Å². The van der Waals surface area contributed by atoms with Crippen molar-refractivity contribution in [2.75, 3.05) is 27.2 Å². The van der Waals surface area contributed by atoms with Crippen LogP contribution >= 0.6 is 0 Å². The van der Waals surface area contributed by atoms with Gasteiger partial charge >= 0.3 is 0 Å². The monoisotopic (exact) mass is 227 g/mol. The lowest BCUT2D eigenvalue weighted by Gasteiger charge is -2.36. The maximum Gasteiger partial charge on any atom is 0.242 e. The van der Waals surface area contributed by atoms with Crippen molar-refractivity contribution >= 4 is 11.8 Å². The Labute approximate surface area is 96.6 Å². The van der Waals surface area contributed by atoms with Crippen LogP contribution in [0.15, 0.2) is 0 Å². The smallest absolute Gasteiger partial charge is 0.242 e. The third kappa shape index (κ3) is 2.95. The number of carbonyl (C=O) groups is 2. The quantitative estimate of drug-likeness (QED) is 0.697. The molecule has 16 heavy (non-hydrogen) atoms. The van der Waals surface area contributed by atoms with Crippen LogP contribution in [0.1, 0.15) is 26.2 Å². The van der Waals surface area contributed by atoms with Crippen molar-refractivity contribution in [3.05, 3.63) is 0 Å². The van der Waals surface area contributed by atoms with Crippen LogP contribution in [0.25, 0.3) is 0 Å². The van der Waals surface area contributed by atoms with Crippen molar-refractivity contribution in [3.8, 4) is 0 Å². The minimum Gasteiger partial charge on any atom is -0.358 e. The highest BCUT2D eigenvalue weighted by atomic mass is 16.2. The first kappa shape index (κ1) is 13.0. The molecule has 0 spiro atoms. The van der Waals surface area contributed by atoms with Gasteiger partial charge in [0.25, 0.3) is 0 Å². The van der Waals surface area contributed by atoms with Gasteiger partial charge in [-0.05, 0) is 32.7 Å². The minimum atomic E-state index is -0.499. The first-order chi connectivity index (χ1) is 7.49. The zero-order valence-corrected chi connectivity index (χ0v) is 10.3. The predicted molar refractivity (Wildman–Crippen MR) is 62.0 cm³/mol. The summed E-state index contributed by atoms with van der Waals surface area (Å²) >= 11 is 0. The Morgan fingerprint density at radius 2 is 2.12 bits per heavy atom. The van der Waals surface area contributed by atoms with Crippen LogP contribution in [-0.2, 0) is 9.59 Å². The molecule has 92 valence electrons. The largest absolute Gasteiger partial charge is 0.358 e. The molecule has 2 N–H and O–H groups in total. The number of rotatable bonds is 3. The van der Waals surface area contributed by atoms with E-state index >= 15 is 0 Å². The van der Waals surface area contributed by atoms with Crippen LogP contribution in [0.4, 0.5) is 0 Å². The lowest BCUT2D eigenvalue weighted by Crippen LogP contribution is -2.58. The summed E-state index contributed by atoms with van der Waals surface area (Å²) in [7, 11) is 3.24. The Balaban J connectivity index is 2.58. The van der Waals surface area contributed by atoms with Crippen LogP contribution in [-0.4, -0.2) is 49.4 Å². The molecule has 0 radical (unpaired) electrons. The number of hydrogen-bond acceptors (Lipinski definition) is 3. The average Bonchev–Trinajstić information content (AvgIpc) is 2.28. The maximum absolute atomic E-state index is 12.2. The van der Waals surface area contributed by atoms with Gasteiger partial charge in [0.05, 0.1) is 12.1 Å². The molecule has 1 aliphatic rings. The summed E-state index contributed by atoms with van der Waals surface area (Å²) in [5.41, 5.74) is -0.499. The Morgan fingerprint density at radius 3 is 2.62 bits per heavy atom. The fraction of sp³-hybridized carbons (Fsp3) is 0.818. The first-order valence-electron chi connectivity index (χ1n) is 5.71. The Kier molecular flexibility index (Phi) is 4.29. The van der Waals surface area contributed by atoms with E-state index in [1.807, 2.05) is 6.92 Å². The highest BCUT2D eigenvalue weighted by molar-refractivity contribution is 5.89. The van der Waals surface area contributed by atoms with E-state index in [9.17, 15) is 9.59 Å². The maximum atomic E-state index is 12.2. The van der Waals surface area contributed by atoms with Gasteiger partial charge in [-0.15, -0.1) is 0 Å². The van der Waals surface area contributed by atoms with Gasteiger partial charge in [-0.2, -0.15) is 0 Å². The molecule has 0 aromatic rings. The van der Waals surface area contributed by atoms with Gasteiger partial charge in [0.15, 0.2) is 0 Å². The third-order valence-electron chi connectivity index (χ3n) is 3.10. The third-order valence-corrected chi connectivity index (χ3v) is 3.10. The van der Waals surface area contributed by atoms with E-state index < -0.39 is 5.54 Å². The number of hydrogen-bond donors (Lipinski definition) is 2. The van der Waals surface area contributed by atoms with E-state index in [0.29, 0.717) is 0 Å². The molecule has 1 aliphatic heterocycles. The number of amides is 2. The molecule has 1 rings (SSSR count). The summed E-state index contributed by atoms with van der Waals surface area (Å²) in [6.07, 6.45) is 3.01. The van der Waals surface area contributed by atoms with Crippen LogP contribution in [0.2, 0.25) is 0 Å². The Hall–Kier alpha value is -1.10. The van der Waals surface area contributed by atoms with Crippen molar-refractivity contribution in [2.45, 2.75) is 31.7 Å². The van der Waals surface area contributed by atoms with Gasteiger partial charge < -0.3 is 15.5 Å². The molecule has 1 fully saturated rings. The number of likely N-dealkylation sites (N-methyl/N-ethyl adjacent to an activating group) is 2. The molecule has 0 saturated carbocycles. The average molecular weight is 227 g/mol. The zero-order chi connectivity index (χ0) is 12.2. The van der Waals surface area contributed by atoms with Gasteiger partial charge in [0, 0.05) is 14.1 Å². The van der Waals surface area contributed by atoms with Gasteiger partial charge in [-0.25, -0.2) is 0 Å². The van der Waals surface area contributed by atoms with Gasteiger partial charge in [-0.3, -0.25) is 9.59 Å². The van der Waals surface area contributed by atoms with Crippen molar-refractivity contribution in [2.24, 2.45) is 0 Å². The molecule has 0 aromatic heterocycles. The highest BCUT2D eigenvalue weighted by Crippen LogP contribution is 2.20. The molecule has 0 aliphatic carbocycles. The molecule has 1 saturated heterocycles. The van der Waals surface area contributed by atoms with Gasteiger partial charge in [-0.1, -0.05) is 0 Å². The molecule has 0 aromatic carbocycles. The van der Waals surface area contributed by atoms with Crippen molar-refractivity contribution < 1.29 is 9.59 Å². The first-order valence-corrected chi connectivity index (χ1v) is 5.71. The van der Waals surface area contributed by atoms with Crippen molar-refractivity contribution in [3.63, 3.8) is 0 Å². The lowest BCUT2D eigenvalue weighted by molar-refractivity contribution is -0.140. The summed E-state index contributed by atoms with van der Waals surface area (Å²) in [5, 5.41) is 5.76. The van der Waals surface area contributed by atoms with Crippen molar-refractivity contribution in [1.82, 2.24) is 15.5 Å². The number of nitrogens with zero attached hydrogens (tertiary/aromatic N) is 1. The van der Waals surface area contributed by atoms with Crippen LogP contribution in [0, 0.1) is 0 Å². The van der Waals surface area contributed by atoms with E-state index in [2.05, 4.69) is 10.6 Å². The minimum absolute atomic E-state index is 0.00389. The van der Waals surface area contributed by atoms with Crippen LogP contribution in [0.3, 0.4) is 0 Å². The molecule has 5 nitrogen and oxygen atoms in total. The second-order valence-corrected chi connectivity index (χ2v) is 4.55. The summed E-state index contributed by atoms with van der Waals surface area (Å²) in [5.74, 6) is -0.147. The van der Waals surface area contributed by atoms with E-state index in [1.54, 1.807) is 14.1 Å². The van der Waals surface area contributed by atoms with Gasteiger partial charge in [0.2, 0.25) is 11.8 Å². The molecule has 1 heterocycles. The van der Waals surface area contributed by atoms with E-state index in [4.69, 9.17) is 0 Å². The van der Waals surface area contributed by atoms with E-state index in [1.165, 1.54) is 4.90 Å². The fourth-order valence-electron chi connectivity index (χ4n) is 2.03. The topological polar surface area (TPSA) is 61.4 Å². The number of carbonyl (C=O) groups excluding carboxylic acids is 2. The molecular weight excluding hydrogens is 206 g/mol. The lowest BCUT2D eigenvalue weighted by atomic mass is 9.89. The SMILES string of the molecule is CNC(=O)CN(C)C(=O)C1(C)CCCCN1. The summed E-state index contributed by atoms with van der Waals surface area (Å²) in [6.45, 7) is 2.90. The molecule has 5 heteroatoms. The predicted octanol–water partition coefficient (Wildman–Crippen LogP) is -0.277. The normalized spacial score (nSPS) is 24.9. The standard InChI is InChI=1S/C11H21N3O2/c1-11(6-4-5-7-13-11)10(16)14(3)8-9(15)12-2/h13H,4-8H2,1-3H3,(H,12,15). The van der Waals surface area contributed by atoms with E-state index in [-0.39, 0.29) is 18.4 Å². The Bertz CT molecular complexity index is 272. The Morgan fingerprint density at radius 1 is 1.44 bits per heavy atom. The summed E-state index contributed by atoms with van der Waals surface area (Å²) in [6, 6.07) is 0. The van der Waals surface area contributed by atoms with E-state index in [0.717, 1.165) is 25.8 Å². The number of nitrogens with one attached hydrogen (secondary N) is 2. The number of piperidine rings is 1. The molecule has 1 atom stereocenters. The second-order valence-electron chi connectivity index (χ2n) is 4.55. The zero-order valence-electron chi connectivity index (χ0n) is 10.3.